The number of aryl methyl sites for hydroxylation is 1. The molecule has 1 aliphatic heterocycles. The number of thiazole rings is 1. The first kappa shape index (κ1) is 9.61. The summed E-state index contributed by atoms with van der Waals surface area (Å²) in [4.78, 5) is 15.6. The van der Waals surface area contributed by atoms with Crippen LogP contribution in [0.25, 0.3) is 0 Å². The van der Waals surface area contributed by atoms with E-state index >= 15 is 0 Å². The van der Waals surface area contributed by atoms with Crippen LogP contribution in [0, 0.1) is 6.92 Å². The standard InChI is InChI=1S/C9H12N2O2S/c1-6-11-8(5-14-6)9(12)13-7-2-3-10-4-7/h5,7,10H,2-4H2,1H3/t7-/m0/s1. The van der Waals surface area contributed by atoms with Crippen LogP contribution in [-0.2, 0) is 4.74 Å². The minimum atomic E-state index is -0.303. The maximum absolute atomic E-state index is 11.5. The molecule has 1 saturated heterocycles. The molecule has 0 radical (unpaired) electrons. The van der Waals surface area contributed by atoms with Crippen molar-refractivity contribution in [2.45, 2.75) is 19.4 Å². The number of nitrogens with zero attached hydrogens (tertiary/aromatic N) is 1. The fourth-order valence-electron chi connectivity index (χ4n) is 1.40. The zero-order chi connectivity index (χ0) is 9.97. The summed E-state index contributed by atoms with van der Waals surface area (Å²) in [6, 6.07) is 0. The second kappa shape index (κ2) is 4.06. The van der Waals surface area contributed by atoms with Crippen LogP contribution >= 0.6 is 11.3 Å². The Hall–Kier alpha value is -0.940. The van der Waals surface area contributed by atoms with Crippen molar-refractivity contribution in [3.8, 4) is 0 Å². The number of esters is 1. The zero-order valence-corrected chi connectivity index (χ0v) is 8.76. The van der Waals surface area contributed by atoms with Gasteiger partial charge >= 0.3 is 5.97 Å². The Morgan fingerprint density at radius 2 is 2.64 bits per heavy atom. The summed E-state index contributed by atoms with van der Waals surface area (Å²) in [5.74, 6) is -0.303. The molecule has 2 rings (SSSR count). The lowest BCUT2D eigenvalue weighted by Crippen LogP contribution is -2.21. The maximum atomic E-state index is 11.5. The number of carbonyl (C=O) groups is 1. The normalized spacial score (nSPS) is 21.1. The summed E-state index contributed by atoms with van der Waals surface area (Å²) in [5.41, 5.74) is 0.430. The Balaban J connectivity index is 1.95. The second-order valence-electron chi connectivity index (χ2n) is 3.27. The molecule has 76 valence electrons. The van der Waals surface area contributed by atoms with E-state index < -0.39 is 0 Å². The number of hydrogen-bond acceptors (Lipinski definition) is 5. The van der Waals surface area contributed by atoms with E-state index in [9.17, 15) is 4.79 Å². The topological polar surface area (TPSA) is 51.2 Å². The summed E-state index contributed by atoms with van der Waals surface area (Å²) in [6.45, 7) is 3.56. The van der Waals surface area contributed by atoms with Crippen molar-refractivity contribution in [3.63, 3.8) is 0 Å². The molecule has 1 N–H and O–H groups in total. The van der Waals surface area contributed by atoms with Crippen LogP contribution in [0.1, 0.15) is 21.9 Å². The average Bonchev–Trinajstić information content (AvgIpc) is 2.75. The molecule has 1 aromatic heterocycles. The molecule has 0 aliphatic carbocycles. The molecule has 0 spiro atoms. The molecule has 0 saturated carbocycles. The van der Waals surface area contributed by atoms with Crippen LogP contribution in [0.15, 0.2) is 5.38 Å². The van der Waals surface area contributed by atoms with E-state index in [1.165, 1.54) is 11.3 Å². The van der Waals surface area contributed by atoms with E-state index in [2.05, 4.69) is 10.3 Å². The predicted molar refractivity (Wildman–Crippen MR) is 53.5 cm³/mol. The van der Waals surface area contributed by atoms with Gasteiger partial charge in [-0.15, -0.1) is 11.3 Å². The van der Waals surface area contributed by atoms with E-state index in [4.69, 9.17) is 4.74 Å². The fourth-order valence-corrected chi connectivity index (χ4v) is 1.98. The summed E-state index contributed by atoms with van der Waals surface area (Å²) >= 11 is 1.46. The first-order chi connectivity index (χ1) is 6.75. The van der Waals surface area contributed by atoms with E-state index in [0.717, 1.165) is 24.5 Å². The zero-order valence-electron chi connectivity index (χ0n) is 7.95. The SMILES string of the molecule is Cc1nc(C(=O)O[C@H]2CCNC2)cs1. The van der Waals surface area contributed by atoms with Crippen LogP contribution in [0.4, 0.5) is 0 Å². The fraction of sp³-hybridized carbons (Fsp3) is 0.556. The van der Waals surface area contributed by atoms with Gasteiger partial charge in [-0.3, -0.25) is 0 Å². The summed E-state index contributed by atoms with van der Waals surface area (Å²) in [5, 5.41) is 5.77. The third kappa shape index (κ3) is 2.10. The summed E-state index contributed by atoms with van der Waals surface area (Å²) < 4.78 is 5.25. The molecule has 0 amide bonds. The van der Waals surface area contributed by atoms with Crippen LogP contribution in [0.5, 0.6) is 0 Å². The van der Waals surface area contributed by atoms with Gasteiger partial charge in [0.05, 0.1) is 5.01 Å². The Labute approximate surface area is 86.3 Å². The molecule has 1 aliphatic rings. The third-order valence-corrected chi connectivity index (χ3v) is 2.89. The van der Waals surface area contributed by atoms with Gasteiger partial charge in [-0.25, -0.2) is 9.78 Å². The minimum absolute atomic E-state index is 0.0181. The quantitative estimate of drug-likeness (QED) is 0.742. The monoisotopic (exact) mass is 212 g/mol. The lowest BCUT2D eigenvalue weighted by molar-refractivity contribution is 0.0338. The highest BCUT2D eigenvalue weighted by atomic mass is 32.1. The van der Waals surface area contributed by atoms with Gasteiger partial charge in [-0.05, 0) is 19.9 Å². The van der Waals surface area contributed by atoms with E-state index in [1.54, 1.807) is 5.38 Å². The molecule has 2 heterocycles. The van der Waals surface area contributed by atoms with Crippen molar-refractivity contribution >= 4 is 17.3 Å². The molecular weight excluding hydrogens is 200 g/mol. The second-order valence-corrected chi connectivity index (χ2v) is 4.33. The van der Waals surface area contributed by atoms with Gasteiger partial charge in [-0.1, -0.05) is 0 Å². The molecule has 0 bridgehead atoms. The van der Waals surface area contributed by atoms with Crippen LogP contribution in [0.3, 0.4) is 0 Å². The van der Waals surface area contributed by atoms with E-state index in [1.807, 2.05) is 6.92 Å². The van der Waals surface area contributed by atoms with Crippen molar-refractivity contribution < 1.29 is 9.53 Å². The number of nitrogens with one attached hydrogen (secondary N) is 1. The van der Waals surface area contributed by atoms with Crippen molar-refractivity contribution in [2.75, 3.05) is 13.1 Å². The molecule has 4 nitrogen and oxygen atoms in total. The number of rotatable bonds is 2. The maximum Gasteiger partial charge on any atom is 0.358 e. The Bertz CT molecular complexity index is 331. The molecule has 14 heavy (non-hydrogen) atoms. The van der Waals surface area contributed by atoms with Crippen LogP contribution in [-0.4, -0.2) is 30.1 Å². The number of carbonyl (C=O) groups excluding carboxylic acids is 1. The lowest BCUT2D eigenvalue weighted by Gasteiger charge is -2.08. The Morgan fingerprint density at radius 1 is 1.79 bits per heavy atom. The van der Waals surface area contributed by atoms with Gasteiger partial charge in [0.25, 0.3) is 0 Å². The number of hydrogen-bond donors (Lipinski definition) is 1. The van der Waals surface area contributed by atoms with Gasteiger partial charge < -0.3 is 10.1 Å². The van der Waals surface area contributed by atoms with Crippen molar-refractivity contribution in [2.24, 2.45) is 0 Å². The van der Waals surface area contributed by atoms with Crippen LogP contribution < -0.4 is 5.32 Å². The molecule has 1 fully saturated rings. The van der Waals surface area contributed by atoms with Gasteiger partial charge in [0.1, 0.15) is 6.10 Å². The van der Waals surface area contributed by atoms with Crippen molar-refractivity contribution in [3.05, 3.63) is 16.1 Å². The number of ether oxygens (including phenoxy) is 1. The van der Waals surface area contributed by atoms with Gasteiger partial charge in [0.15, 0.2) is 5.69 Å². The average molecular weight is 212 g/mol. The Kier molecular flexibility index (Phi) is 2.79. The first-order valence-corrected chi connectivity index (χ1v) is 5.47. The third-order valence-electron chi connectivity index (χ3n) is 2.12. The first-order valence-electron chi connectivity index (χ1n) is 4.59. The largest absolute Gasteiger partial charge is 0.456 e. The highest BCUT2D eigenvalue weighted by molar-refractivity contribution is 7.09. The van der Waals surface area contributed by atoms with Crippen LogP contribution in [0.2, 0.25) is 0 Å². The lowest BCUT2D eigenvalue weighted by atomic mass is 10.3. The van der Waals surface area contributed by atoms with Crippen molar-refractivity contribution in [1.29, 1.82) is 0 Å². The van der Waals surface area contributed by atoms with Gasteiger partial charge in [0, 0.05) is 11.9 Å². The molecular formula is C9H12N2O2S. The van der Waals surface area contributed by atoms with E-state index in [-0.39, 0.29) is 12.1 Å². The minimum Gasteiger partial charge on any atom is -0.456 e. The van der Waals surface area contributed by atoms with Gasteiger partial charge in [-0.2, -0.15) is 0 Å². The summed E-state index contributed by atoms with van der Waals surface area (Å²) in [7, 11) is 0. The molecule has 0 unspecified atom stereocenters. The molecule has 1 atom stereocenters. The highest BCUT2D eigenvalue weighted by Crippen LogP contribution is 2.11. The number of aromatic nitrogens is 1. The Morgan fingerprint density at radius 3 is 3.21 bits per heavy atom. The predicted octanol–water partition coefficient (Wildman–Crippen LogP) is 0.970. The molecule has 5 heteroatoms. The molecule has 0 aromatic carbocycles. The highest BCUT2D eigenvalue weighted by Gasteiger charge is 2.20. The summed E-state index contributed by atoms with van der Waals surface area (Å²) in [6.07, 6.45) is 0.916. The van der Waals surface area contributed by atoms with E-state index in [0.29, 0.717) is 5.69 Å². The van der Waals surface area contributed by atoms with Gasteiger partial charge in [0.2, 0.25) is 0 Å². The molecule has 1 aromatic rings. The van der Waals surface area contributed by atoms with Crippen molar-refractivity contribution in [1.82, 2.24) is 10.3 Å². The smallest absolute Gasteiger partial charge is 0.358 e.